The van der Waals surface area contributed by atoms with E-state index in [0.717, 1.165) is 0 Å². The Hall–Kier alpha value is -1.60. The highest BCUT2D eigenvalue weighted by Crippen LogP contribution is 2.21. The van der Waals surface area contributed by atoms with Crippen molar-refractivity contribution in [2.75, 3.05) is 20.3 Å². The molecule has 1 unspecified atom stereocenters. The second-order valence-corrected chi connectivity index (χ2v) is 4.65. The van der Waals surface area contributed by atoms with E-state index in [2.05, 4.69) is 15.4 Å². The molecule has 1 saturated heterocycles. The number of hydrogen-bond acceptors (Lipinski definition) is 5. The van der Waals surface area contributed by atoms with Crippen molar-refractivity contribution in [1.29, 1.82) is 0 Å². The van der Waals surface area contributed by atoms with Crippen LogP contribution in [0.5, 0.6) is 0 Å². The third-order valence-corrected chi connectivity index (χ3v) is 2.44. The summed E-state index contributed by atoms with van der Waals surface area (Å²) < 4.78 is 15.5. The first kappa shape index (κ1) is 15.5. The van der Waals surface area contributed by atoms with Crippen LogP contribution in [0.3, 0.4) is 0 Å². The van der Waals surface area contributed by atoms with Crippen LogP contribution >= 0.6 is 0 Å². The van der Waals surface area contributed by atoms with Crippen molar-refractivity contribution in [1.82, 2.24) is 10.6 Å². The van der Waals surface area contributed by atoms with Crippen molar-refractivity contribution in [2.24, 2.45) is 0 Å². The monoisotopic (exact) mass is 272 g/mol. The number of carbonyl (C=O) groups is 2. The van der Waals surface area contributed by atoms with E-state index in [1.807, 2.05) is 0 Å². The molecule has 1 aliphatic rings. The summed E-state index contributed by atoms with van der Waals surface area (Å²) in [7, 11) is 1.43. The normalized spacial score (nSPS) is 21.9. The zero-order valence-electron chi connectivity index (χ0n) is 11.6. The zero-order valence-corrected chi connectivity index (χ0v) is 11.6. The molecule has 7 heteroatoms. The van der Waals surface area contributed by atoms with Crippen LogP contribution in [0.25, 0.3) is 0 Å². The molecule has 0 aromatic carbocycles. The molecule has 0 bridgehead atoms. The molecule has 0 aliphatic carbocycles. The van der Waals surface area contributed by atoms with Gasteiger partial charge in [-0.05, 0) is 20.8 Å². The Balaban J connectivity index is 2.29. The van der Waals surface area contributed by atoms with Gasteiger partial charge in [-0.15, -0.1) is 0 Å². The number of rotatable bonds is 4. The fourth-order valence-corrected chi connectivity index (χ4v) is 1.55. The van der Waals surface area contributed by atoms with Crippen LogP contribution in [-0.4, -0.2) is 44.1 Å². The molecule has 1 aliphatic heterocycles. The molecular formula is C12H20N2O5. The number of ether oxygens (including phenoxy) is 3. The fourth-order valence-electron chi connectivity index (χ4n) is 1.55. The van der Waals surface area contributed by atoms with Crippen molar-refractivity contribution in [3.8, 4) is 0 Å². The van der Waals surface area contributed by atoms with Crippen LogP contribution in [0.1, 0.15) is 20.8 Å². The van der Waals surface area contributed by atoms with Gasteiger partial charge in [0.2, 0.25) is 0 Å². The van der Waals surface area contributed by atoms with Crippen LogP contribution < -0.4 is 10.6 Å². The maximum atomic E-state index is 11.5. The average Bonchev–Trinajstić information content (AvgIpc) is 2.66. The van der Waals surface area contributed by atoms with E-state index in [1.165, 1.54) is 13.4 Å². The van der Waals surface area contributed by atoms with Gasteiger partial charge in [0, 0.05) is 12.1 Å². The third-order valence-electron chi connectivity index (χ3n) is 2.44. The van der Waals surface area contributed by atoms with Gasteiger partial charge in [0.1, 0.15) is 6.10 Å². The third kappa shape index (κ3) is 5.27. The molecule has 108 valence electrons. The van der Waals surface area contributed by atoms with Crippen molar-refractivity contribution in [3.63, 3.8) is 0 Å². The SMILES string of the molecule is CO/C=C(/C)C(=O)NC(=O)NCC1COC(C)(C)O1. The lowest BCUT2D eigenvalue weighted by Gasteiger charge is -2.17. The van der Waals surface area contributed by atoms with Gasteiger partial charge in [-0.3, -0.25) is 10.1 Å². The van der Waals surface area contributed by atoms with Crippen LogP contribution in [0.2, 0.25) is 0 Å². The molecule has 3 amide bonds. The van der Waals surface area contributed by atoms with E-state index in [9.17, 15) is 9.59 Å². The van der Waals surface area contributed by atoms with Gasteiger partial charge in [-0.2, -0.15) is 0 Å². The Morgan fingerprint density at radius 1 is 1.47 bits per heavy atom. The molecule has 0 spiro atoms. The van der Waals surface area contributed by atoms with Gasteiger partial charge in [-0.25, -0.2) is 4.79 Å². The molecule has 1 rings (SSSR count). The Kier molecular flexibility index (Phi) is 5.31. The van der Waals surface area contributed by atoms with Gasteiger partial charge < -0.3 is 19.5 Å². The number of nitrogens with one attached hydrogen (secondary N) is 2. The fraction of sp³-hybridized carbons (Fsp3) is 0.667. The van der Waals surface area contributed by atoms with Crippen molar-refractivity contribution < 1.29 is 23.8 Å². The molecule has 7 nitrogen and oxygen atoms in total. The molecule has 0 saturated carbocycles. The maximum absolute atomic E-state index is 11.5. The van der Waals surface area contributed by atoms with E-state index in [0.29, 0.717) is 12.2 Å². The predicted octanol–water partition coefficient (Wildman–Crippen LogP) is 0.514. The summed E-state index contributed by atoms with van der Waals surface area (Å²) >= 11 is 0. The maximum Gasteiger partial charge on any atom is 0.321 e. The number of hydrogen-bond donors (Lipinski definition) is 2. The van der Waals surface area contributed by atoms with E-state index >= 15 is 0 Å². The molecule has 1 heterocycles. The van der Waals surface area contributed by atoms with Gasteiger partial charge in [0.25, 0.3) is 5.91 Å². The Bertz CT molecular complexity index is 378. The van der Waals surface area contributed by atoms with Gasteiger partial charge >= 0.3 is 6.03 Å². The van der Waals surface area contributed by atoms with Crippen molar-refractivity contribution in [2.45, 2.75) is 32.7 Å². The van der Waals surface area contributed by atoms with Crippen LogP contribution in [0.4, 0.5) is 4.79 Å². The molecule has 1 fully saturated rings. The average molecular weight is 272 g/mol. The minimum absolute atomic E-state index is 0.216. The lowest BCUT2D eigenvalue weighted by atomic mass is 10.3. The molecule has 1 atom stereocenters. The molecule has 19 heavy (non-hydrogen) atoms. The topological polar surface area (TPSA) is 85.9 Å². The Labute approximate surface area is 112 Å². The van der Waals surface area contributed by atoms with Crippen molar-refractivity contribution >= 4 is 11.9 Å². The van der Waals surface area contributed by atoms with E-state index in [-0.39, 0.29) is 12.6 Å². The zero-order chi connectivity index (χ0) is 14.5. The van der Waals surface area contributed by atoms with Crippen molar-refractivity contribution in [3.05, 3.63) is 11.8 Å². The van der Waals surface area contributed by atoms with E-state index in [4.69, 9.17) is 9.47 Å². The minimum atomic E-state index is -0.629. The first-order valence-corrected chi connectivity index (χ1v) is 5.94. The molecular weight excluding hydrogens is 252 g/mol. The van der Waals surface area contributed by atoms with Crippen LogP contribution in [0.15, 0.2) is 11.8 Å². The quantitative estimate of drug-likeness (QED) is 0.575. The van der Waals surface area contributed by atoms with Gasteiger partial charge in [0.15, 0.2) is 5.79 Å². The summed E-state index contributed by atoms with van der Waals surface area (Å²) in [6.07, 6.45) is 1.05. The molecule has 0 aromatic heterocycles. The highest BCUT2D eigenvalue weighted by molar-refractivity contribution is 6.03. The van der Waals surface area contributed by atoms with E-state index in [1.54, 1.807) is 20.8 Å². The minimum Gasteiger partial charge on any atom is -0.504 e. The summed E-state index contributed by atoms with van der Waals surface area (Å²) in [5, 5.41) is 4.72. The second-order valence-electron chi connectivity index (χ2n) is 4.65. The number of amides is 3. The summed E-state index contributed by atoms with van der Waals surface area (Å²) in [5.74, 6) is -1.14. The second kappa shape index (κ2) is 6.53. The molecule has 0 radical (unpaired) electrons. The number of methoxy groups -OCH3 is 1. The first-order valence-electron chi connectivity index (χ1n) is 5.94. The van der Waals surface area contributed by atoms with Crippen LogP contribution in [0, 0.1) is 0 Å². The molecule has 2 N–H and O–H groups in total. The standard InChI is InChI=1S/C12H20N2O5/c1-8(6-17-4)10(15)14-11(16)13-5-9-7-18-12(2,3)19-9/h6,9H,5,7H2,1-4H3,(H2,13,14,15,16)/b8-6-. The first-order chi connectivity index (χ1) is 8.84. The summed E-state index contributed by atoms with van der Waals surface area (Å²) in [5.41, 5.74) is 0.305. The largest absolute Gasteiger partial charge is 0.504 e. The number of imide groups is 1. The van der Waals surface area contributed by atoms with Gasteiger partial charge in [-0.1, -0.05) is 0 Å². The van der Waals surface area contributed by atoms with Gasteiger partial charge in [0.05, 0.1) is 20.0 Å². The van der Waals surface area contributed by atoms with E-state index < -0.39 is 17.7 Å². The highest BCUT2D eigenvalue weighted by Gasteiger charge is 2.32. The lowest BCUT2D eigenvalue weighted by Crippen LogP contribution is -2.43. The highest BCUT2D eigenvalue weighted by atomic mass is 16.7. The summed E-state index contributed by atoms with van der Waals surface area (Å²) in [4.78, 5) is 22.9. The summed E-state index contributed by atoms with van der Waals surface area (Å²) in [6.45, 7) is 5.83. The Morgan fingerprint density at radius 3 is 2.68 bits per heavy atom. The predicted molar refractivity (Wildman–Crippen MR) is 67.2 cm³/mol. The number of carbonyl (C=O) groups excluding carboxylic acids is 2. The number of urea groups is 1. The smallest absolute Gasteiger partial charge is 0.321 e. The van der Waals surface area contributed by atoms with Crippen LogP contribution in [-0.2, 0) is 19.0 Å². The molecule has 0 aromatic rings. The summed E-state index contributed by atoms with van der Waals surface area (Å²) in [6, 6.07) is -0.581. The lowest BCUT2D eigenvalue weighted by molar-refractivity contribution is -0.137. The Morgan fingerprint density at radius 2 is 2.16 bits per heavy atom.